The van der Waals surface area contributed by atoms with Crippen molar-refractivity contribution in [1.29, 1.82) is 0 Å². The molecule has 0 bridgehead atoms. The fraction of sp³-hybridized carbons (Fsp3) is 0.312. The number of pyridine rings is 1. The number of halogens is 1. The maximum atomic E-state index is 14.3. The Morgan fingerprint density at radius 1 is 1.29 bits per heavy atom. The maximum absolute atomic E-state index is 14.3. The Hall–Kier alpha value is -1.59. The first-order valence-electron chi connectivity index (χ1n) is 6.95. The topological polar surface area (TPSA) is 34.1 Å². The Kier molecular flexibility index (Phi) is 4.41. The molecule has 3 rings (SSSR count). The molecule has 110 valence electrons. The van der Waals surface area contributed by atoms with Crippen molar-refractivity contribution in [3.05, 3.63) is 47.9 Å². The zero-order chi connectivity index (χ0) is 14.7. The predicted octanol–water partition coefficient (Wildman–Crippen LogP) is 3.99. The van der Waals surface area contributed by atoms with Crippen molar-refractivity contribution in [1.82, 2.24) is 10.3 Å². The molecular weight excluding hydrogens is 287 g/mol. The molecule has 1 saturated carbocycles. The van der Waals surface area contributed by atoms with Gasteiger partial charge in [-0.3, -0.25) is 0 Å². The van der Waals surface area contributed by atoms with Gasteiger partial charge < -0.3 is 10.1 Å². The van der Waals surface area contributed by atoms with E-state index in [9.17, 15) is 4.39 Å². The molecule has 2 aromatic rings. The van der Waals surface area contributed by atoms with Gasteiger partial charge in [-0.15, -0.1) is 11.8 Å². The molecule has 1 aromatic heterocycles. The Bertz CT molecular complexity index is 614. The van der Waals surface area contributed by atoms with Gasteiger partial charge in [-0.2, -0.15) is 0 Å². The van der Waals surface area contributed by atoms with Gasteiger partial charge in [-0.05, 0) is 49.4 Å². The van der Waals surface area contributed by atoms with E-state index in [4.69, 9.17) is 4.74 Å². The number of nitrogens with one attached hydrogen (secondary N) is 1. The largest absolute Gasteiger partial charge is 0.436 e. The molecular formula is C16H17FN2OS. The third-order valence-corrected chi connectivity index (χ3v) is 4.11. The van der Waals surface area contributed by atoms with Crippen molar-refractivity contribution >= 4 is 11.8 Å². The molecule has 0 radical (unpaired) electrons. The molecule has 21 heavy (non-hydrogen) atoms. The molecule has 0 unspecified atom stereocenters. The summed E-state index contributed by atoms with van der Waals surface area (Å²) >= 11 is 1.65. The SMILES string of the molecule is CSc1ccc(Oc2nccc(CNC3CC3)c2F)cc1. The average molecular weight is 304 g/mol. The van der Waals surface area contributed by atoms with Gasteiger partial charge in [0.1, 0.15) is 5.75 Å². The number of hydrogen-bond acceptors (Lipinski definition) is 4. The quantitative estimate of drug-likeness (QED) is 0.818. The Morgan fingerprint density at radius 3 is 2.71 bits per heavy atom. The summed E-state index contributed by atoms with van der Waals surface area (Å²) in [6.07, 6.45) is 5.95. The first-order chi connectivity index (χ1) is 10.3. The van der Waals surface area contributed by atoms with Gasteiger partial charge >= 0.3 is 0 Å². The number of nitrogens with zero attached hydrogens (tertiary/aromatic N) is 1. The number of benzene rings is 1. The third kappa shape index (κ3) is 3.74. The van der Waals surface area contributed by atoms with E-state index in [1.54, 1.807) is 24.0 Å². The van der Waals surface area contributed by atoms with Crippen LogP contribution in [0, 0.1) is 5.82 Å². The van der Waals surface area contributed by atoms with E-state index in [0.717, 1.165) is 4.90 Å². The van der Waals surface area contributed by atoms with E-state index >= 15 is 0 Å². The van der Waals surface area contributed by atoms with Crippen molar-refractivity contribution in [3.8, 4) is 11.6 Å². The summed E-state index contributed by atoms with van der Waals surface area (Å²) in [6.45, 7) is 0.515. The molecule has 1 aromatic carbocycles. The van der Waals surface area contributed by atoms with E-state index in [1.165, 1.54) is 12.8 Å². The molecule has 0 saturated heterocycles. The zero-order valence-corrected chi connectivity index (χ0v) is 12.6. The van der Waals surface area contributed by atoms with Crippen LogP contribution in [-0.4, -0.2) is 17.3 Å². The van der Waals surface area contributed by atoms with Crippen LogP contribution in [0.4, 0.5) is 4.39 Å². The van der Waals surface area contributed by atoms with Crippen LogP contribution in [0.1, 0.15) is 18.4 Å². The van der Waals surface area contributed by atoms with Crippen molar-refractivity contribution in [2.24, 2.45) is 0 Å². The van der Waals surface area contributed by atoms with Gasteiger partial charge in [0.2, 0.25) is 0 Å². The summed E-state index contributed by atoms with van der Waals surface area (Å²) in [5.41, 5.74) is 0.590. The summed E-state index contributed by atoms with van der Waals surface area (Å²) in [6, 6.07) is 9.76. The molecule has 1 fully saturated rings. The van der Waals surface area contributed by atoms with Gasteiger partial charge in [-0.1, -0.05) is 0 Å². The normalized spacial score (nSPS) is 14.2. The number of hydrogen-bond donors (Lipinski definition) is 1. The minimum atomic E-state index is -0.389. The minimum Gasteiger partial charge on any atom is -0.436 e. The van der Waals surface area contributed by atoms with Gasteiger partial charge in [-0.25, -0.2) is 9.37 Å². The van der Waals surface area contributed by atoms with E-state index in [0.29, 0.717) is 23.9 Å². The van der Waals surface area contributed by atoms with Crippen molar-refractivity contribution < 1.29 is 9.13 Å². The summed E-state index contributed by atoms with van der Waals surface area (Å²) in [5, 5.41) is 3.29. The van der Waals surface area contributed by atoms with Gasteiger partial charge in [0, 0.05) is 29.2 Å². The molecule has 1 heterocycles. The van der Waals surface area contributed by atoms with Gasteiger partial charge in [0.25, 0.3) is 5.88 Å². The summed E-state index contributed by atoms with van der Waals surface area (Å²) in [4.78, 5) is 5.13. The Labute approximate surface area is 127 Å². The third-order valence-electron chi connectivity index (χ3n) is 3.37. The lowest BCUT2D eigenvalue weighted by atomic mass is 10.2. The highest BCUT2D eigenvalue weighted by Crippen LogP contribution is 2.26. The summed E-state index contributed by atoms with van der Waals surface area (Å²) < 4.78 is 19.9. The summed E-state index contributed by atoms with van der Waals surface area (Å²) in [7, 11) is 0. The first kappa shape index (κ1) is 14.4. The predicted molar refractivity (Wildman–Crippen MR) is 82.4 cm³/mol. The molecule has 0 atom stereocenters. The van der Waals surface area contributed by atoms with E-state index < -0.39 is 0 Å². The van der Waals surface area contributed by atoms with Gasteiger partial charge in [0.05, 0.1) is 0 Å². The molecule has 5 heteroatoms. The number of rotatable bonds is 6. The van der Waals surface area contributed by atoms with Crippen LogP contribution in [0.25, 0.3) is 0 Å². The maximum Gasteiger partial charge on any atom is 0.256 e. The second-order valence-corrected chi connectivity index (χ2v) is 5.90. The molecule has 3 nitrogen and oxygen atoms in total. The fourth-order valence-electron chi connectivity index (χ4n) is 1.97. The smallest absolute Gasteiger partial charge is 0.256 e. The lowest BCUT2D eigenvalue weighted by Crippen LogP contribution is -2.16. The van der Waals surface area contributed by atoms with Crippen LogP contribution in [0.2, 0.25) is 0 Å². The van der Waals surface area contributed by atoms with Crippen molar-refractivity contribution in [2.75, 3.05) is 6.26 Å². The Balaban J connectivity index is 1.72. The number of thioether (sulfide) groups is 1. The molecule has 1 aliphatic carbocycles. The second kappa shape index (κ2) is 6.45. The number of ether oxygens (including phenoxy) is 1. The zero-order valence-electron chi connectivity index (χ0n) is 11.8. The van der Waals surface area contributed by atoms with Crippen LogP contribution in [0.5, 0.6) is 11.6 Å². The average Bonchev–Trinajstić information content (AvgIpc) is 3.33. The van der Waals surface area contributed by atoms with Crippen LogP contribution in [0.15, 0.2) is 41.4 Å². The standard InChI is InChI=1S/C16H17FN2OS/c1-21-14-6-4-13(5-7-14)20-16-15(17)11(8-9-18-16)10-19-12-2-3-12/h4-9,12,19H,2-3,10H2,1H3. The molecule has 1 N–H and O–H groups in total. The van der Waals surface area contributed by atoms with Crippen LogP contribution >= 0.6 is 11.8 Å². The van der Waals surface area contributed by atoms with Crippen LogP contribution in [-0.2, 0) is 6.54 Å². The number of aromatic nitrogens is 1. The molecule has 0 spiro atoms. The van der Waals surface area contributed by atoms with Crippen LogP contribution < -0.4 is 10.1 Å². The first-order valence-corrected chi connectivity index (χ1v) is 8.17. The monoisotopic (exact) mass is 304 g/mol. The van der Waals surface area contributed by atoms with Gasteiger partial charge in [0.15, 0.2) is 5.82 Å². The Morgan fingerprint density at radius 2 is 2.05 bits per heavy atom. The highest BCUT2D eigenvalue weighted by atomic mass is 32.2. The van der Waals surface area contributed by atoms with Crippen molar-refractivity contribution in [3.63, 3.8) is 0 Å². The van der Waals surface area contributed by atoms with E-state index in [-0.39, 0.29) is 11.7 Å². The summed E-state index contributed by atoms with van der Waals surface area (Å²) in [5.74, 6) is 0.230. The highest BCUT2D eigenvalue weighted by molar-refractivity contribution is 7.98. The van der Waals surface area contributed by atoms with Crippen molar-refractivity contribution in [2.45, 2.75) is 30.3 Å². The lowest BCUT2D eigenvalue weighted by molar-refractivity contribution is 0.417. The molecule has 0 aliphatic heterocycles. The van der Waals surface area contributed by atoms with E-state index in [2.05, 4.69) is 10.3 Å². The minimum absolute atomic E-state index is 0.0296. The molecule has 1 aliphatic rings. The highest BCUT2D eigenvalue weighted by Gasteiger charge is 2.21. The van der Waals surface area contributed by atoms with Crippen LogP contribution in [0.3, 0.4) is 0 Å². The molecule has 0 amide bonds. The van der Waals surface area contributed by atoms with E-state index in [1.807, 2.05) is 30.5 Å². The fourth-order valence-corrected chi connectivity index (χ4v) is 2.38. The lowest BCUT2D eigenvalue weighted by Gasteiger charge is -2.09. The second-order valence-electron chi connectivity index (χ2n) is 5.02.